The van der Waals surface area contributed by atoms with Gasteiger partial charge in [0.25, 0.3) is 0 Å². The minimum Gasteiger partial charge on any atom is -0.338 e. The molecule has 1 saturated heterocycles. The van der Waals surface area contributed by atoms with Crippen LogP contribution in [0.1, 0.15) is 12.1 Å². The van der Waals surface area contributed by atoms with Gasteiger partial charge in [0.2, 0.25) is 0 Å². The van der Waals surface area contributed by atoms with Crippen molar-refractivity contribution >= 4 is 6.03 Å². The van der Waals surface area contributed by atoms with E-state index in [9.17, 15) is 4.79 Å². The van der Waals surface area contributed by atoms with Crippen LogP contribution in [0.4, 0.5) is 4.79 Å². The molecule has 5 nitrogen and oxygen atoms in total. The van der Waals surface area contributed by atoms with E-state index in [1.807, 2.05) is 19.3 Å². The molecule has 0 radical (unpaired) electrons. The van der Waals surface area contributed by atoms with Crippen LogP contribution in [0, 0.1) is 0 Å². The normalized spacial score (nSPS) is 16.9. The SMILES string of the molecule is Cn1ccc(CN2CCCNC2=O)n1. The van der Waals surface area contributed by atoms with Crippen molar-refractivity contribution in [1.29, 1.82) is 0 Å². The molecule has 0 aromatic carbocycles. The molecule has 2 heterocycles. The van der Waals surface area contributed by atoms with Gasteiger partial charge in [-0.25, -0.2) is 4.79 Å². The summed E-state index contributed by atoms with van der Waals surface area (Å²) in [5, 5.41) is 7.05. The molecule has 0 spiro atoms. The number of rotatable bonds is 2. The number of urea groups is 1. The van der Waals surface area contributed by atoms with Gasteiger partial charge in [-0.15, -0.1) is 0 Å². The smallest absolute Gasteiger partial charge is 0.317 e. The molecular formula is C9H14N4O. The molecule has 0 aliphatic carbocycles. The minimum absolute atomic E-state index is 0.0157. The van der Waals surface area contributed by atoms with E-state index in [4.69, 9.17) is 0 Å². The van der Waals surface area contributed by atoms with Crippen molar-refractivity contribution in [3.8, 4) is 0 Å². The van der Waals surface area contributed by atoms with Gasteiger partial charge in [0.15, 0.2) is 0 Å². The Balaban J connectivity index is 1.99. The van der Waals surface area contributed by atoms with Crippen LogP contribution in [0.3, 0.4) is 0 Å². The third-order valence-corrected chi connectivity index (χ3v) is 2.29. The summed E-state index contributed by atoms with van der Waals surface area (Å²) >= 11 is 0. The van der Waals surface area contributed by atoms with Crippen LogP contribution in [-0.4, -0.2) is 33.8 Å². The Bertz CT molecular complexity index is 333. The van der Waals surface area contributed by atoms with Gasteiger partial charge in [-0.2, -0.15) is 5.10 Å². The molecule has 76 valence electrons. The lowest BCUT2D eigenvalue weighted by molar-refractivity contribution is 0.182. The Morgan fingerprint density at radius 2 is 2.50 bits per heavy atom. The van der Waals surface area contributed by atoms with Crippen molar-refractivity contribution < 1.29 is 4.79 Å². The van der Waals surface area contributed by atoms with Crippen molar-refractivity contribution in [2.24, 2.45) is 7.05 Å². The van der Waals surface area contributed by atoms with Gasteiger partial charge >= 0.3 is 6.03 Å². The van der Waals surface area contributed by atoms with Crippen molar-refractivity contribution in [3.63, 3.8) is 0 Å². The lowest BCUT2D eigenvalue weighted by atomic mass is 10.3. The van der Waals surface area contributed by atoms with E-state index in [-0.39, 0.29) is 6.03 Å². The number of nitrogens with zero attached hydrogens (tertiary/aromatic N) is 3. The predicted octanol–water partition coefficient (Wildman–Crippen LogP) is 0.335. The highest BCUT2D eigenvalue weighted by Gasteiger charge is 2.17. The third kappa shape index (κ3) is 1.86. The van der Waals surface area contributed by atoms with Crippen molar-refractivity contribution in [1.82, 2.24) is 20.0 Å². The third-order valence-electron chi connectivity index (χ3n) is 2.29. The number of aryl methyl sites for hydroxylation is 1. The van der Waals surface area contributed by atoms with E-state index in [1.165, 1.54) is 0 Å². The molecule has 1 aromatic rings. The van der Waals surface area contributed by atoms with Gasteiger partial charge in [-0.05, 0) is 12.5 Å². The second-order valence-corrected chi connectivity index (χ2v) is 3.49. The Morgan fingerprint density at radius 1 is 1.64 bits per heavy atom. The molecule has 0 unspecified atom stereocenters. The second-order valence-electron chi connectivity index (χ2n) is 3.49. The van der Waals surface area contributed by atoms with Gasteiger partial charge < -0.3 is 10.2 Å². The topological polar surface area (TPSA) is 50.2 Å². The van der Waals surface area contributed by atoms with Crippen molar-refractivity contribution in [2.45, 2.75) is 13.0 Å². The van der Waals surface area contributed by atoms with Crippen molar-refractivity contribution in [2.75, 3.05) is 13.1 Å². The van der Waals surface area contributed by atoms with E-state index >= 15 is 0 Å². The molecular weight excluding hydrogens is 180 g/mol. The molecule has 1 aliphatic rings. The first kappa shape index (κ1) is 9.05. The van der Waals surface area contributed by atoms with Crippen LogP contribution in [0.15, 0.2) is 12.3 Å². The van der Waals surface area contributed by atoms with Crippen LogP contribution < -0.4 is 5.32 Å². The van der Waals surface area contributed by atoms with E-state index in [0.29, 0.717) is 6.54 Å². The predicted molar refractivity (Wildman–Crippen MR) is 51.6 cm³/mol. The first-order chi connectivity index (χ1) is 6.75. The Labute approximate surface area is 82.7 Å². The van der Waals surface area contributed by atoms with E-state index in [1.54, 1.807) is 9.58 Å². The fourth-order valence-electron chi connectivity index (χ4n) is 1.57. The first-order valence-electron chi connectivity index (χ1n) is 4.77. The number of hydrogen-bond donors (Lipinski definition) is 1. The van der Waals surface area contributed by atoms with Crippen LogP contribution >= 0.6 is 0 Å². The number of hydrogen-bond acceptors (Lipinski definition) is 2. The fraction of sp³-hybridized carbons (Fsp3) is 0.556. The first-order valence-corrected chi connectivity index (χ1v) is 4.77. The second kappa shape index (κ2) is 3.69. The molecule has 1 fully saturated rings. The van der Waals surface area contributed by atoms with Crippen molar-refractivity contribution in [3.05, 3.63) is 18.0 Å². The molecule has 1 N–H and O–H groups in total. The molecule has 1 aliphatic heterocycles. The number of carbonyl (C=O) groups is 1. The number of aromatic nitrogens is 2. The Kier molecular flexibility index (Phi) is 2.39. The monoisotopic (exact) mass is 194 g/mol. The van der Waals surface area contributed by atoms with Gasteiger partial charge in [-0.3, -0.25) is 4.68 Å². The molecule has 0 bridgehead atoms. The fourth-order valence-corrected chi connectivity index (χ4v) is 1.57. The summed E-state index contributed by atoms with van der Waals surface area (Å²) in [5.74, 6) is 0. The molecule has 2 rings (SSSR count). The zero-order valence-corrected chi connectivity index (χ0v) is 8.23. The lowest BCUT2D eigenvalue weighted by Crippen LogP contribution is -2.45. The minimum atomic E-state index is 0.0157. The van der Waals surface area contributed by atoms with E-state index in [0.717, 1.165) is 25.2 Å². The summed E-state index contributed by atoms with van der Waals surface area (Å²) in [4.78, 5) is 13.2. The van der Waals surface area contributed by atoms with Crippen LogP contribution in [0.25, 0.3) is 0 Å². The molecule has 0 atom stereocenters. The average molecular weight is 194 g/mol. The number of carbonyl (C=O) groups excluding carboxylic acids is 1. The highest BCUT2D eigenvalue weighted by Crippen LogP contribution is 2.05. The average Bonchev–Trinajstić information content (AvgIpc) is 2.56. The molecule has 5 heteroatoms. The quantitative estimate of drug-likeness (QED) is 0.737. The summed E-state index contributed by atoms with van der Waals surface area (Å²) < 4.78 is 1.75. The Hall–Kier alpha value is -1.52. The maximum absolute atomic E-state index is 11.4. The van der Waals surface area contributed by atoms with Gasteiger partial charge in [0.1, 0.15) is 0 Å². The van der Waals surface area contributed by atoms with E-state index in [2.05, 4.69) is 10.4 Å². The largest absolute Gasteiger partial charge is 0.338 e. The maximum atomic E-state index is 11.4. The van der Waals surface area contributed by atoms with Gasteiger partial charge in [-0.1, -0.05) is 0 Å². The van der Waals surface area contributed by atoms with Gasteiger partial charge in [0.05, 0.1) is 12.2 Å². The zero-order valence-electron chi connectivity index (χ0n) is 8.23. The molecule has 1 aromatic heterocycles. The summed E-state index contributed by atoms with van der Waals surface area (Å²) in [6, 6.07) is 1.95. The lowest BCUT2D eigenvalue weighted by Gasteiger charge is -2.26. The highest BCUT2D eigenvalue weighted by molar-refractivity contribution is 5.74. The standard InChI is InChI=1S/C9H14N4O/c1-12-6-3-8(11-12)7-13-5-2-4-10-9(13)14/h3,6H,2,4-5,7H2,1H3,(H,10,14). The molecule has 2 amide bonds. The van der Waals surface area contributed by atoms with E-state index < -0.39 is 0 Å². The number of amides is 2. The van der Waals surface area contributed by atoms with Crippen LogP contribution in [0.2, 0.25) is 0 Å². The summed E-state index contributed by atoms with van der Waals surface area (Å²) in [5.41, 5.74) is 0.935. The number of nitrogens with one attached hydrogen (secondary N) is 1. The molecule has 14 heavy (non-hydrogen) atoms. The Morgan fingerprint density at radius 3 is 3.14 bits per heavy atom. The maximum Gasteiger partial charge on any atom is 0.317 e. The van der Waals surface area contributed by atoms with Crippen LogP contribution in [0.5, 0.6) is 0 Å². The molecule has 0 saturated carbocycles. The summed E-state index contributed by atoms with van der Waals surface area (Å²) in [6.07, 6.45) is 2.90. The van der Waals surface area contributed by atoms with Crippen LogP contribution in [-0.2, 0) is 13.6 Å². The van der Waals surface area contributed by atoms with Gasteiger partial charge in [0, 0.05) is 26.3 Å². The zero-order chi connectivity index (χ0) is 9.97. The highest BCUT2D eigenvalue weighted by atomic mass is 16.2. The summed E-state index contributed by atoms with van der Waals surface area (Å²) in [7, 11) is 1.87. The summed E-state index contributed by atoms with van der Waals surface area (Å²) in [6.45, 7) is 2.21.